The minimum absolute atomic E-state index is 0.00861. The van der Waals surface area contributed by atoms with E-state index in [0.717, 1.165) is 29.8 Å². The predicted molar refractivity (Wildman–Crippen MR) is 217 cm³/mol. The normalized spacial score (nSPS) is 10.8. The van der Waals surface area contributed by atoms with Gasteiger partial charge in [-0.1, -0.05) is 42.5 Å². The van der Waals surface area contributed by atoms with E-state index in [2.05, 4.69) is 0 Å². The van der Waals surface area contributed by atoms with Gasteiger partial charge in [-0.2, -0.15) is 0 Å². The van der Waals surface area contributed by atoms with Crippen molar-refractivity contribution in [3.63, 3.8) is 0 Å². The van der Waals surface area contributed by atoms with Gasteiger partial charge in [-0.05, 0) is 48.5 Å². The maximum Gasteiger partial charge on any atom is 0.197 e. The lowest BCUT2D eigenvalue weighted by atomic mass is 10.1. The first-order chi connectivity index (χ1) is 28.2. The lowest BCUT2D eigenvalue weighted by Gasteiger charge is -2.06. The van der Waals surface area contributed by atoms with Crippen LogP contribution in [0.4, 0.5) is 0 Å². The number of aromatic hydroxyl groups is 8. The summed E-state index contributed by atoms with van der Waals surface area (Å²) in [7, 11) is 0. The summed E-state index contributed by atoms with van der Waals surface area (Å²) in [6, 6.07) is 33.2. The summed E-state index contributed by atoms with van der Waals surface area (Å²) in [5, 5.41) is 76.3. The zero-order valence-electron chi connectivity index (χ0n) is 30.2. The van der Waals surface area contributed by atoms with E-state index in [1.807, 2.05) is 48.5 Å². The van der Waals surface area contributed by atoms with Crippen molar-refractivity contribution in [3.05, 3.63) is 164 Å². The van der Waals surface area contributed by atoms with E-state index < -0.39 is 10.9 Å². The fourth-order valence-corrected chi connectivity index (χ4v) is 5.99. The molecule has 9 rings (SSSR count). The Morgan fingerprint density at radius 3 is 1.24 bits per heavy atom. The molecule has 0 unspecified atom stereocenters. The van der Waals surface area contributed by atoms with Crippen molar-refractivity contribution in [2.45, 2.75) is 0 Å². The van der Waals surface area contributed by atoms with Crippen molar-refractivity contribution in [1.82, 2.24) is 0 Å². The minimum Gasteiger partial charge on any atom is -0.508 e. The molecule has 0 bridgehead atoms. The molecule has 0 aliphatic carbocycles. The minimum atomic E-state index is -0.490. The maximum atomic E-state index is 12.0. The topological polar surface area (TPSA) is 252 Å². The van der Waals surface area contributed by atoms with E-state index in [0.29, 0.717) is 27.9 Å². The highest BCUT2D eigenvalue weighted by Crippen LogP contribution is 2.35. The van der Waals surface area contributed by atoms with Gasteiger partial charge in [0, 0.05) is 59.2 Å². The Balaban J connectivity index is 0.000000135. The molecule has 6 aromatic carbocycles. The van der Waals surface area contributed by atoms with Crippen molar-refractivity contribution < 1.29 is 54.1 Å². The Morgan fingerprint density at radius 2 is 0.746 bits per heavy atom. The van der Waals surface area contributed by atoms with Gasteiger partial charge in [0.1, 0.15) is 67.8 Å². The molecule has 59 heavy (non-hydrogen) atoms. The average Bonchev–Trinajstić information content (AvgIpc) is 3.20. The Labute approximate surface area is 330 Å². The number of hydrogen-bond donors (Lipinski definition) is 8. The Morgan fingerprint density at radius 1 is 0.322 bits per heavy atom. The van der Waals surface area contributed by atoms with Gasteiger partial charge in [-0.15, -0.1) is 0 Å². The third-order valence-electron chi connectivity index (χ3n) is 8.80. The molecular weight excluding hydrogens is 764 g/mol. The molecule has 14 heteroatoms. The Hall–Kier alpha value is -8.65. The number of phenolic OH excluding ortho intramolecular Hbond substituents is 8. The number of benzene rings is 6. The van der Waals surface area contributed by atoms with E-state index in [-0.39, 0.29) is 84.9 Å². The van der Waals surface area contributed by atoms with Gasteiger partial charge in [0.25, 0.3) is 0 Å². The number of rotatable bonds is 3. The van der Waals surface area contributed by atoms with Gasteiger partial charge in [0.2, 0.25) is 0 Å². The fourth-order valence-electron chi connectivity index (χ4n) is 5.99. The summed E-state index contributed by atoms with van der Waals surface area (Å²) in [5.74, 6) is -1.66. The second-order valence-electron chi connectivity index (χ2n) is 12.9. The molecule has 0 fully saturated rings. The molecule has 14 nitrogen and oxygen atoms in total. The van der Waals surface area contributed by atoms with Crippen LogP contribution in [0.3, 0.4) is 0 Å². The molecule has 0 saturated heterocycles. The van der Waals surface area contributed by atoms with Gasteiger partial charge in [0.15, 0.2) is 39.3 Å². The first kappa shape index (κ1) is 38.6. The van der Waals surface area contributed by atoms with E-state index in [9.17, 15) is 55.2 Å². The lowest BCUT2D eigenvalue weighted by molar-refractivity contribution is 0.404. The quantitative estimate of drug-likeness (QED) is 0.0789. The summed E-state index contributed by atoms with van der Waals surface area (Å²) in [4.78, 5) is 36.0. The van der Waals surface area contributed by atoms with Crippen LogP contribution < -0.4 is 16.3 Å². The molecule has 0 amide bonds. The predicted octanol–water partition coefficient (Wildman–Crippen LogP) is 8.02. The maximum absolute atomic E-state index is 12.0. The number of hydrogen-bond acceptors (Lipinski definition) is 14. The van der Waals surface area contributed by atoms with Crippen LogP contribution in [0.25, 0.3) is 66.9 Å². The van der Waals surface area contributed by atoms with Crippen LogP contribution in [0.1, 0.15) is 0 Å². The summed E-state index contributed by atoms with van der Waals surface area (Å²) in [6.07, 6.45) is 0. The van der Waals surface area contributed by atoms with Crippen LogP contribution >= 0.6 is 0 Å². The van der Waals surface area contributed by atoms with E-state index in [1.165, 1.54) is 54.6 Å². The zero-order valence-corrected chi connectivity index (χ0v) is 30.2. The van der Waals surface area contributed by atoms with E-state index >= 15 is 0 Å². The van der Waals surface area contributed by atoms with Crippen molar-refractivity contribution in [1.29, 1.82) is 0 Å². The van der Waals surface area contributed by atoms with Crippen molar-refractivity contribution in [2.75, 3.05) is 0 Å². The van der Waals surface area contributed by atoms with E-state index in [4.69, 9.17) is 13.3 Å². The monoisotopic (exact) mass is 794 g/mol. The molecule has 3 aromatic heterocycles. The van der Waals surface area contributed by atoms with Crippen LogP contribution in [0.5, 0.6) is 46.0 Å². The molecule has 0 saturated carbocycles. The van der Waals surface area contributed by atoms with Gasteiger partial charge in [-0.25, -0.2) is 0 Å². The highest BCUT2D eigenvalue weighted by molar-refractivity contribution is 5.87. The molecule has 0 aliphatic rings. The third kappa shape index (κ3) is 8.17. The van der Waals surface area contributed by atoms with E-state index in [1.54, 1.807) is 6.07 Å². The summed E-state index contributed by atoms with van der Waals surface area (Å²) < 4.78 is 16.7. The Kier molecular flexibility index (Phi) is 10.4. The molecule has 0 radical (unpaired) electrons. The molecular formula is C45H30O14. The Bertz CT molecular complexity index is 3070. The highest BCUT2D eigenvalue weighted by atomic mass is 16.4. The lowest BCUT2D eigenvalue weighted by Crippen LogP contribution is -2.00. The van der Waals surface area contributed by atoms with Gasteiger partial charge in [-0.3, -0.25) is 14.4 Å². The molecule has 0 aliphatic heterocycles. The van der Waals surface area contributed by atoms with Crippen molar-refractivity contribution in [2.24, 2.45) is 0 Å². The molecule has 294 valence electrons. The van der Waals surface area contributed by atoms with Crippen LogP contribution in [0.2, 0.25) is 0 Å². The fraction of sp³-hybridized carbons (Fsp3) is 0. The zero-order chi connectivity index (χ0) is 42.0. The second-order valence-corrected chi connectivity index (χ2v) is 12.9. The molecule has 8 N–H and O–H groups in total. The average molecular weight is 795 g/mol. The summed E-state index contributed by atoms with van der Waals surface area (Å²) in [5.41, 5.74) is 1.32. The third-order valence-corrected chi connectivity index (χ3v) is 8.80. The number of para-hydroxylation sites is 1. The van der Waals surface area contributed by atoms with Crippen LogP contribution in [-0.2, 0) is 0 Å². The molecule has 9 aromatic rings. The van der Waals surface area contributed by atoms with Gasteiger partial charge >= 0.3 is 0 Å². The molecule has 3 heterocycles. The van der Waals surface area contributed by atoms with Crippen LogP contribution in [0.15, 0.2) is 161 Å². The van der Waals surface area contributed by atoms with Crippen molar-refractivity contribution in [3.8, 4) is 80.0 Å². The summed E-state index contributed by atoms with van der Waals surface area (Å²) >= 11 is 0. The van der Waals surface area contributed by atoms with Crippen molar-refractivity contribution >= 4 is 32.9 Å². The SMILES string of the molecule is O=c1cc(-c2ccc(O)c(O)c2)oc2cc(O)cc(O)c12.O=c1cc(-c2ccc(O)c(O)c2)oc2cc(O)cc(O)c12.O=c1cc(-c2ccccc2)oc2ccccc12. The van der Waals surface area contributed by atoms with Gasteiger partial charge < -0.3 is 54.1 Å². The number of phenols is 8. The first-order valence-corrected chi connectivity index (χ1v) is 17.4. The smallest absolute Gasteiger partial charge is 0.197 e. The van der Waals surface area contributed by atoms with Gasteiger partial charge in [0.05, 0.1) is 5.39 Å². The first-order valence-electron chi connectivity index (χ1n) is 17.4. The van der Waals surface area contributed by atoms with Crippen LogP contribution in [0, 0.1) is 0 Å². The molecule has 0 atom stereocenters. The standard InChI is InChI=1S/2C15H10O6.C15H10O2/c2*16-8-4-11(19)15-12(20)6-13(21-14(15)5-8)7-1-2-9(17)10(18)3-7;16-13-10-15(11-6-2-1-3-7-11)17-14-9-5-4-8-12(13)14/h2*1-6,16-19H;1-10H. The molecule has 0 spiro atoms. The highest BCUT2D eigenvalue weighted by Gasteiger charge is 2.15. The number of fused-ring (bicyclic) bond motifs is 3. The van der Waals surface area contributed by atoms with Crippen LogP contribution in [-0.4, -0.2) is 40.9 Å². The summed E-state index contributed by atoms with van der Waals surface area (Å²) in [6.45, 7) is 0. The second kappa shape index (κ2) is 15.8. The largest absolute Gasteiger partial charge is 0.508 e.